The van der Waals surface area contributed by atoms with E-state index in [1.807, 2.05) is 0 Å². The minimum atomic E-state index is -0.441. The van der Waals surface area contributed by atoms with Crippen LogP contribution in [-0.2, 0) is 4.74 Å². The molecule has 0 spiro atoms. The second-order valence-electron chi connectivity index (χ2n) is 7.99. The highest BCUT2D eigenvalue weighted by molar-refractivity contribution is 4.60. The van der Waals surface area contributed by atoms with Crippen molar-refractivity contribution in [1.82, 2.24) is 0 Å². The van der Waals surface area contributed by atoms with Crippen LogP contribution in [0.4, 0.5) is 0 Å². The van der Waals surface area contributed by atoms with Gasteiger partial charge in [-0.25, -0.2) is 0 Å². The van der Waals surface area contributed by atoms with E-state index in [2.05, 4.69) is 6.92 Å². The van der Waals surface area contributed by atoms with Crippen molar-refractivity contribution >= 4 is 0 Å². The van der Waals surface area contributed by atoms with Gasteiger partial charge in [0.2, 0.25) is 0 Å². The number of hydroxylamine groups is 3. The summed E-state index contributed by atoms with van der Waals surface area (Å²) in [5.74, 6) is 0. The van der Waals surface area contributed by atoms with Gasteiger partial charge >= 0.3 is 0 Å². The molecule has 0 radical (unpaired) electrons. The third-order valence-electron chi connectivity index (χ3n) is 5.47. The van der Waals surface area contributed by atoms with E-state index in [1.165, 1.54) is 77.0 Å². The van der Waals surface area contributed by atoms with E-state index >= 15 is 0 Å². The van der Waals surface area contributed by atoms with Crippen molar-refractivity contribution in [3.8, 4) is 0 Å². The first kappa shape index (κ1) is 22.9. The highest BCUT2D eigenvalue weighted by atomic mass is 16.6. The summed E-state index contributed by atoms with van der Waals surface area (Å²) in [6.07, 6.45) is 17.7. The van der Waals surface area contributed by atoms with E-state index in [4.69, 9.17) is 4.74 Å². The van der Waals surface area contributed by atoms with Gasteiger partial charge in [-0.3, -0.25) is 0 Å². The molecular weight excluding hydrogens is 314 g/mol. The Kier molecular flexibility index (Phi) is 13.7. The second-order valence-corrected chi connectivity index (χ2v) is 7.99. The van der Waals surface area contributed by atoms with Crippen molar-refractivity contribution in [3.63, 3.8) is 0 Å². The van der Waals surface area contributed by atoms with Gasteiger partial charge in [-0.05, 0) is 6.42 Å². The standard InChI is InChI=1S/C21H43NO3/c1-2-3-4-5-6-7-8-9-10-11-12-13-14-15-21(23)20-22(24)16-18-25-19-17-22/h21,23H,2-20H2,1H3. The summed E-state index contributed by atoms with van der Waals surface area (Å²) in [6.45, 7) is 4.68. The zero-order chi connectivity index (χ0) is 18.2. The number of aliphatic hydroxyl groups excluding tert-OH is 1. The smallest absolute Gasteiger partial charge is 0.105 e. The predicted molar refractivity (Wildman–Crippen MR) is 105 cm³/mol. The summed E-state index contributed by atoms with van der Waals surface area (Å²) in [5.41, 5.74) is 0. The lowest BCUT2D eigenvalue weighted by Gasteiger charge is -2.46. The van der Waals surface area contributed by atoms with Gasteiger partial charge in [0.15, 0.2) is 0 Å². The summed E-state index contributed by atoms with van der Waals surface area (Å²) < 4.78 is 4.97. The van der Waals surface area contributed by atoms with Gasteiger partial charge in [0.25, 0.3) is 0 Å². The van der Waals surface area contributed by atoms with Crippen LogP contribution in [0.25, 0.3) is 0 Å². The molecule has 0 aromatic carbocycles. The van der Waals surface area contributed by atoms with E-state index < -0.39 is 6.10 Å². The molecule has 1 atom stereocenters. The Balaban J connectivity index is 1.82. The van der Waals surface area contributed by atoms with Crippen molar-refractivity contribution < 1.29 is 14.5 Å². The lowest BCUT2D eigenvalue weighted by Crippen LogP contribution is -2.53. The summed E-state index contributed by atoms with van der Waals surface area (Å²) in [7, 11) is 0. The lowest BCUT2D eigenvalue weighted by molar-refractivity contribution is -0.891. The van der Waals surface area contributed by atoms with Crippen molar-refractivity contribution in [2.75, 3.05) is 32.8 Å². The Bertz CT molecular complexity index is 293. The van der Waals surface area contributed by atoms with E-state index in [1.54, 1.807) is 0 Å². The maximum Gasteiger partial charge on any atom is 0.105 e. The number of rotatable bonds is 16. The maximum atomic E-state index is 12.4. The molecule has 1 aliphatic heterocycles. The number of aliphatic hydroxyl groups is 1. The zero-order valence-electron chi connectivity index (χ0n) is 16.7. The Labute approximate surface area is 156 Å². The van der Waals surface area contributed by atoms with Crippen molar-refractivity contribution in [1.29, 1.82) is 0 Å². The fourth-order valence-corrected chi connectivity index (χ4v) is 3.73. The molecule has 0 saturated carbocycles. The van der Waals surface area contributed by atoms with Gasteiger partial charge in [-0.1, -0.05) is 90.4 Å². The predicted octanol–water partition coefficient (Wildman–Crippen LogP) is 5.17. The summed E-state index contributed by atoms with van der Waals surface area (Å²) >= 11 is 0. The van der Waals surface area contributed by atoms with E-state index in [0.29, 0.717) is 32.8 Å². The Morgan fingerprint density at radius 1 is 0.800 bits per heavy atom. The average molecular weight is 358 g/mol. The molecule has 0 bridgehead atoms. The van der Waals surface area contributed by atoms with Crippen LogP contribution in [0.2, 0.25) is 0 Å². The topological polar surface area (TPSA) is 52.5 Å². The first-order chi connectivity index (χ1) is 12.2. The number of morpholine rings is 1. The van der Waals surface area contributed by atoms with Gasteiger partial charge in [0.05, 0.1) is 13.2 Å². The van der Waals surface area contributed by atoms with E-state index in [-0.39, 0.29) is 4.65 Å². The molecule has 0 aromatic rings. The molecule has 1 fully saturated rings. The van der Waals surface area contributed by atoms with Crippen molar-refractivity contribution in [2.24, 2.45) is 0 Å². The SMILES string of the molecule is CCCCCCCCCCCCCCCC(O)C[N+]1([O-])CCOCC1. The molecule has 1 aliphatic rings. The third-order valence-corrected chi connectivity index (χ3v) is 5.47. The lowest BCUT2D eigenvalue weighted by atomic mass is 10.0. The molecule has 1 unspecified atom stereocenters. The van der Waals surface area contributed by atoms with Crippen LogP contribution in [0.1, 0.15) is 96.8 Å². The highest BCUT2D eigenvalue weighted by Gasteiger charge is 2.24. The maximum absolute atomic E-state index is 12.4. The number of hydrogen-bond acceptors (Lipinski definition) is 3. The quantitative estimate of drug-likeness (QED) is 0.235. The number of ether oxygens (including phenoxy) is 1. The summed E-state index contributed by atoms with van der Waals surface area (Å²) in [5, 5.41) is 22.5. The molecule has 150 valence electrons. The molecule has 25 heavy (non-hydrogen) atoms. The molecule has 4 heteroatoms. The van der Waals surface area contributed by atoms with E-state index in [0.717, 1.165) is 12.8 Å². The molecule has 0 aromatic heterocycles. The zero-order valence-corrected chi connectivity index (χ0v) is 16.7. The number of nitrogens with zero attached hydrogens (tertiary/aromatic N) is 1. The fraction of sp³-hybridized carbons (Fsp3) is 1.00. The van der Waals surface area contributed by atoms with Crippen LogP contribution in [-0.4, -0.2) is 48.7 Å². The fourth-order valence-electron chi connectivity index (χ4n) is 3.73. The van der Waals surface area contributed by atoms with Crippen LogP contribution in [0, 0.1) is 5.21 Å². The van der Waals surface area contributed by atoms with Crippen molar-refractivity contribution in [2.45, 2.75) is 103 Å². The molecule has 1 saturated heterocycles. The minimum absolute atomic E-state index is 0.264. The molecule has 4 nitrogen and oxygen atoms in total. The molecule has 1 heterocycles. The Hall–Kier alpha value is -0.160. The van der Waals surface area contributed by atoms with Crippen LogP contribution in [0.5, 0.6) is 0 Å². The van der Waals surface area contributed by atoms with Crippen LogP contribution < -0.4 is 0 Å². The van der Waals surface area contributed by atoms with Gasteiger partial charge in [-0.15, -0.1) is 0 Å². The third kappa shape index (κ3) is 12.8. The molecule has 1 rings (SSSR count). The first-order valence-electron chi connectivity index (χ1n) is 11.0. The van der Waals surface area contributed by atoms with Crippen LogP contribution >= 0.6 is 0 Å². The summed E-state index contributed by atoms with van der Waals surface area (Å²) in [4.78, 5) is 0. The van der Waals surface area contributed by atoms with Crippen LogP contribution in [0.15, 0.2) is 0 Å². The highest BCUT2D eigenvalue weighted by Crippen LogP contribution is 2.15. The number of quaternary nitrogens is 1. The monoisotopic (exact) mass is 357 g/mol. The number of hydrogen-bond donors (Lipinski definition) is 1. The van der Waals surface area contributed by atoms with Gasteiger partial charge in [-0.2, -0.15) is 0 Å². The minimum Gasteiger partial charge on any atom is -0.633 e. The van der Waals surface area contributed by atoms with E-state index in [9.17, 15) is 10.3 Å². The average Bonchev–Trinajstić information content (AvgIpc) is 2.59. The van der Waals surface area contributed by atoms with Crippen LogP contribution in [0.3, 0.4) is 0 Å². The van der Waals surface area contributed by atoms with Gasteiger partial charge in [0, 0.05) is 0 Å². The normalized spacial score (nSPS) is 18.4. The molecule has 0 amide bonds. The number of unbranched alkanes of at least 4 members (excludes halogenated alkanes) is 12. The Morgan fingerprint density at radius 2 is 1.24 bits per heavy atom. The molecule has 1 N–H and O–H groups in total. The summed E-state index contributed by atoms with van der Waals surface area (Å²) in [6, 6.07) is 0. The van der Waals surface area contributed by atoms with Gasteiger partial charge in [0.1, 0.15) is 25.7 Å². The largest absolute Gasteiger partial charge is 0.633 e. The Morgan fingerprint density at radius 3 is 1.72 bits per heavy atom. The second kappa shape index (κ2) is 15.0. The van der Waals surface area contributed by atoms with Crippen molar-refractivity contribution in [3.05, 3.63) is 5.21 Å². The first-order valence-corrected chi connectivity index (χ1v) is 11.0. The van der Waals surface area contributed by atoms with Gasteiger partial charge < -0.3 is 19.7 Å². The molecular formula is C21H43NO3. The molecule has 0 aliphatic carbocycles.